The molecular formula is C21H24N2O2. The highest BCUT2D eigenvalue weighted by Crippen LogP contribution is 2.22. The molecule has 0 atom stereocenters. The normalized spacial score (nSPS) is 10.9. The van der Waals surface area contributed by atoms with Gasteiger partial charge in [0, 0.05) is 17.1 Å². The SMILES string of the molecule is CCCCCCCc1ccoc1C(=O)Nc1cccc2cccnc12. The Balaban J connectivity index is 1.68. The largest absolute Gasteiger partial charge is 0.459 e. The van der Waals surface area contributed by atoms with Gasteiger partial charge in [0.05, 0.1) is 17.5 Å². The molecule has 25 heavy (non-hydrogen) atoms. The molecule has 1 amide bonds. The highest BCUT2D eigenvalue weighted by molar-refractivity contribution is 6.07. The second kappa shape index (κ2) is 8.47. The number of carbonyl (C=O) groups excluding carboxylic acids is 1. The van der Waals surface area contributed by atoms with Crippen molar-refractivity contribution < 1.29 is 9.21 Å². The zero-order chi connectivity index (χ0) is 17.5. The molecule has 130 valence electrons. The van der Waals surface area contributed by atoms with Crippen molar-refractivity contribution in [1.29, 1.82) is 0 Å². The monoisotopic (exact) mass is 336 g/mol. The molecule has 3 aromatic rings. The summed E-state index contributed by atoms with van der Waals surface area (Å²) >= 11 is 0. The number of hydrogen-bond acceptors (Lipinski definition) is 3. The zero-order valence-electron chi connectivity index (χ0n) is 14.6. The summed E-state index contributed by atoms with van der Waals surface area (Å²) in [6.45, 7) is 2.21. The summed E-state index contributed by atoms with van der Waals surface area (Å²) in [6.07, 6.45) is 10.2. The maximum atomic E-state index is 12.6. The van der Waals surface area contributed by atoms with Gasteiger partial charge in [-0.3, -0.25) is 9.78 Å². The van der Waals surface area contributed by atoms with E-state index >= 15 is 0 Å². The second-order valence-electron chi connectivity index (χ2n) is 6.27. The molecule has 2 heterocycles. The van der Waals surface area contributed by atoms with Crippen molar-refractivity contribution in [3.8, 4) is 0 Å². The number of unbranched alkanes of at least 4 members (excludes halogenated alkanes) is 4. The number of amides is 1. The van der Waals surface area contributed by atoms with Crippen molar-refractivity contribution in [1.82, 2.24) is 4.98 Å². The van der Waals surface area contributed by atoms with Gasteiger partial charge >= 0.3 is 0 Å². The number of benzene rings is 1. The van der Waals surface area contributed by atoms with Crippen LogP contribution in [0.5, 0.6) is 0 Å². The first-order valence-electron chi connectivity index (χ1n) is 9.01. The first-order chi connectivity index (χ1) is 12.3. The van der Waals surface area contributed by atoms with Gasteiger partial charge in [-0.25, -0.2) is 0 Å². The van der Waals surface area contributed by atoms with Crippen molar-refractivity contribution in [2.45, 2.75) is 45.4 Å². The van der Waals surface area contributed by atoms with E-state index in [9.17, 15) is 4.79 Å². The molecule has 1 N–H and O–H groups in total. The van der Waals surface area contributed by atoms with Crippen LogP contribution >= 0.6 is 0 Å². The highest BCUT2D eigenvalue weighted by atomic mass is 16.3. The number of aryl methyl sites for hydroxylation is 1. The quantitative estimate of drug-likeness (QED) is 0.545. The van der Waals surface area contributed by atoms with Crippen LogP contribution in [0, 0.1) is 0 Å². The molecule has 0 aliphatic rings. The standard InChI is InChI=1S/C21H24N2O2/c1-2-3-4-5-6-9-17-13-15-25-20(17)21(24)23-18-12-7-10-16-11-8-14-22-19(16)18/h7-8,10-15H,2-6,9H2,1H3,(H,23,24). The van der Waals surface area contributed by atoms with Gasteiger partial charge in [0.1, 0.15) is 0 Å². The van der Waals surface area contributed by atoms with Gasteiger partial charge in [-0.1, -0.05) is 50.8 Å². The molecule has 2 aromatic heterocycles. The van der Waals surface area contributed by atoms with Crippen LogP contribution in [-0.2, 0) is 6.42 Å². The van der Waals surface area contributed by atoms with Crippen LogP contribution in [0.1, 0.15) is 55.1 Å². The molecule has 0 fully saturated rings. The smallest absolute Gasteiger partial charge is 0.291 e. The van der Waals surface area contributed by atoms with E-state index in [2.05, 4.69) is 17.2 Å². The minimum absolute atomic E-state index is 0.216. The lowest BCUT2D eigenvalue weighted by molar-refractivity contribution is 0.0995. The number of para-hydroxylation sites is 1. The summed E-state index contributed by atoms with van der Waals surface area (Å²) in [5.41, 5.74) is 2.46. The van der Waals surface area contributed by atoms with E-state index in [-0.39, 0.29) is 5.91 Å². The van der Waals surface area contributed by atoms with E-state index in [0.717, 1.165) is 29.3 Å². The highest BCUT2D eigenvalue weighted by Gasteiger charge is 2.16. The van der Waals surface area contributed by atoms with Crippen LogP contribution in [-0.4, -0.2) is 10.9 Å². The second-order valence-corrected chi connectivity index (χ2v) is 6.27. The Morgan fingerprint density at radius 3 is 2.80 bits per heavy atom. The molecule has 4 nitrogen and oxygen atoms in total. The number of nitrogens with zero attached hydrogens (tertiary/aromatic N) is 1. The topological polar surface area (TPSA) is 55.1 Å². The molecule has 0 saturated heterocycles. The van der Waals surface area contributed by atoms with Crippen molar-refractivity contribution in [2.24, 2.45) is 0 Å². The lowest BCUT2D eigenvalue weighted by Gasteiger charge is -2.08. The third kappa shape index (κ3) is 4.27. The first kappa shape index (κ1) is 17.2. The zero-order valence-corrected chi connectivity index (χ0v) is 14.6. The summed E-state index contributed by atoms with van der Waals surface area (Å²) in [4.78, 5) is 17.0. The minimum Gasteiger partial charge on any atom is -0.459 e. The number of anilines is 1. The molecule has 3 rings (SSSR count). The van der Waals surface area contributed by atoms with E-state index in [1.165, 1.54) is 25.7 Å². The maximum Gasteiger partial charge on any atom is 0.291 e. The number of fused-ring (bicyclic) bond motifs is 1. The average Bonchev–Trinajstić information content (AvgIpc) is 3.10. The van der Waals surface area contributed by atoms with E-state index < -0.39 is 0 Å². The molecular weight excluding hydrogens is 312 g/mol. The van der Waals surface area contributed by atoms with Gasteiger partial charge in [-0.2, -0.15) is 0 Å². The number of aromatic nitrogens is 1. The number of pyridine rings is 1. The first-order valence-corrected chi connectivity index (χ1v) is 9.01. The van der Waals surface area contributed by atoms with E-state index in [1.54, 1.807) is 12.5 Å². The minimum atomic E-state index is -0.216. The molecule has 0 aliphatic carbocycles. The Bertz CT molecular complexity index is 833. The maximum absolute atomic E-state index is 12.6. The Labute approximate surface area is 148 Å². The van der Waals surface area contributed by atoms with Crippen molar-refractivity contribution in [3.63, 3.8) is 0 Å². The molecule has 0 spiro atoms. The third-order valence-electron chi connectivity index (χ3n) is 4.38. The Hall–Kier alpha value is -2.62. The average molecular weight is 336 g/mol. The van der Waals surface area contributed by atoms with E-state index in [1.807, 2.05) is 36.4 Å². The van der Waals surface area contributed by atoms with Crippen LogP contribution in [0.3, 0.4) is 0 Å². The molecule has 0 radical (unpaired) electrons. The van der Waals surface area contributed by atoms with Gasteiger partial charge in [-0.15, -0.1) is 0 Å². The van der Waals surface area contributed by atoms with Crippen LogP contribution in [0.2, 0.25) is 0 Å². The Kier molecular flexibility index (Phi) is 5.83. The van der Waals surface area contributed by atoms with Crippen molar-refractivity contribution >= 4 is 22.5 Å². The number of nitrogens with one attached hydrogen (secondary N) is 1. The van der Waals surface area contributed by atoms with Crippen LogP contribution in [0.4, 0.5) is 5.69 Å². The van der Waals surface area contributed by atoms with Crippen LogP contribution < -0.4 is 5.32 Å². The van der Waals surface area contributed by atoms with Crippen molar-refractivity contribution in [2.75, 3.05) is 5.32 Å². The summed E-state index contributed by atoms with van der Waals surface area (Å²) < 4.78 is 5.46. The fourth-order valence-electron chi connectivity index (χ4n) is 3.03. The van der Waals surface area contributed by atoms with Gasteiger partial charge in [0.15, 0.2) is 5.76 Å². The van der Waals surface area contributed by atoms with E-state index in [4.69, 9.17) is 4.42 Å². The molecule has 0 aliphatic heterocycles. The number of carbonyl (C=O) groups is 1. The fraction of sp³-hybridized carbons (Fsp3) is 0.333. The number of hydrogen-bond donors (Lipinski definition) is 1. The van der Waals surface area contributed by atoms with Crippen LogP contribution in [0.15, 0.2) is 53.3 Å². The molecule has 0 saturated carbocycles. The Morgan fingerprint density at radius 2 is 1.92 bits per heavy atom. The molecule has 4 heteroatoms. The summed E-state index contributed by atoms with van der Waals surface area (Å²) in [7, 11) is 0. The van der Waals surface area contributed by atoms with Gasteiger partial charge in [0.2, 0.25) is 0 Å². The lowest BCUT2D eigenvalue weighted by Crippen LogP contribution is -2.13. The predicted molar refractivity (Wildman–Crippen MR) is 101 cm³/mol. The van der Waals surface area contributed by atoms with Crippen molar-refractivity contribution in [3.05, 3.63) is 60.2 Å². The molecule has 0 bridgehead atoms. The molecule has 0 unspecified atom stereocenters. The molecule has 1 aromatic carbocycles. The Morgan fingerprint density at radius 1 is 1.08 bits per heavy atom. The van der Waals surface area contributed by atoms with Crippen LogP contribution in [0.25, 0.3) is 10.9 Å². The van der Waals surface area contributed by atoms with Gasteiger partial charge in [0.25, 0.3) is 5.91 Å². The summed E-state index contributed by atoms with van der Waals surface area (Å²) in [5.74, 6) is 0.190. The fourth-order valence-corrected chi connectivity index (χ4v) is 3.03. The van der Waals surface area contributed by atoms with E-state index in [0.29, 0.717) is 11.4 Å². The number of furan rings is 1. The van der Waals surface area contributed by atoms with Gasteiger partial charge in [-0.05, 0) is 31.0 Å². The lowest BCUT2D eigenvalue weighted by atomic mass is 10.1. The predicted octanol–water partition coefficient (Wildman–Crippen LogP) is 5.59. The number of rotatable bonds is 8. The van der Waals surface area contributed by atoms with Gasteiger partial charge < -0.3 is 9.73 Å². The summed E-state index contributed by atoms with van der Waals surface area (Å²) in [5, 5.41) is 3.94. The third-order valence-corrected chi connectivity index (χ3v) is 4.38. The summed E-state index contributed by atoms with van der Waals surface area (Å²) in [6, 6.07) is 11.5.